The molecule has 5 heteroatoms. The Bertz CT molecular complexity index is 732. The maximum atomic E-state index is 12.8. The van der Waals surface area contributed by atoms with E-state index in [1.165, 1.54) is 17.5 Å². The molecule has 1 aromatic rings. The number of carbonyl (C=O) groups excluding carboxylic acids is 2. The molecule has 29 heavy (non-hydrogen) atoms. The minimum absolute atomic E-state index is 0.114. The molecule has 1 N–H and O–H groups in total. The predicted octanol–water partition coefficient (Wildman–Crippen LogP) is 3.11. The van der Waals surface area contributed by atoms with Gasteiger partial charge >= 0.3 is 0 Å². The Morgan fingerprint density at radius 3 is 2.69 bits per heavy atom. The van der Waals surface area contributed by atoms with Gasteiger partial charge in [0.15, 0.2) is 0 Å². The van der Waals surface area contributed by atoms with E-state index in [0.717, 1.165) is 38.9 Å². The lowest BCUT2D eigenvalue weighted by Gasteiger charge is -2.56. The van der Waals surface area contributed by atoms with Crippen molar-refractivity contribution in [2.45, 2.75) is 71.0 Å². The van der Waals surface area contributed by atoms with Crippen LogP contribution < -0.4 is 5.32 Å². The van der Waals surface area contributed by atoms with Crippen molar-refractivity contribution in [3.05, 3.63) is 35.4 Å². The number of benzene rings is 1. The molecule has 4 rings (SSSR count). The highest BCUT2D eigenvalue weighted by Crippen LogP contribution is 2.41. The maximum Gasteiger partial charge on any atom is 0.223 e. The normalized spacial score (nSPS) is 29.4. The van der Waals surface area contributed by atoms with E-state index < -0.39 is 0 Å². The summed E-state index contributed by atoms with van der Waals surface area (Å²) in [5.74, 6) is 1.42. The Hall–Kier alpha value is -1.88. The third-order valence-corrected chi connectivity index (χ3v) is 7.08. The van der Waals surface area contributed by atoms with Crippen LogP contribution in [-0.4, -0.2) is 53.3 Å². The van der Waals surface area contributed by atoms with E-state index in [-0.39, 0.29) is 11.9 Å². The van der Waals surface area contributed by atoms with Gasteiger partial charge in [-0.2, -0.15) is 0 Å². The molecule has 3 aliphatic heterocycles. The molecule has 3 fully saturated rings. The maximum absolute atomic E-state index is 12.8. The minimum atomic E-state index is 0.114. The summed E-state index contributed by atoms with van der Waals surface area (Å²) in [4.78, 5) is 29.7. The molecule has 0 radical (unpaired) electrons. The third kappa shape index (κ3) is 4.50. The fourth-order valence-corrected chi connectivity index (χ4v) is 5.75. The second-order valence-electron chi connectivity index (χ2n) is 9.32. The van der Waals surface area contributed by atoms with Gasteiger partial charge in [-0.25, -0.2) is 0 Å². The molecule has 1 aromatic carbocycles. The summed E-state index contributed by atoms with van der Waals surface area (Å²) in [5, 5.41) is 3.13. The first-order valence-electron chi connectivity index (χ1n) is 11.4. The summed E-state index contributed by atoms with van der Waals surface area (Å²) in [5.41, 5.74) is 2.66. The number of fused-ring (bicyclic) bond motifs is 4. The van der Waals surface area contributed by atoms with Crippen LogP contribution >= 0.6 is 0 Å². The second kappa shape index (κ2) is 8.86. The van der Waals surface area contributed by atoms with Gasteiger partial charge in [0.2, 0.25) is 11.8 Å². The van der Waals surface area contributed by atoms with Gasteiger partial charge in [0.25, 0.3) is 0 Å². The summed E-state index contributed by atoms with van der Waals surface area (Å²) in [6.07, 6.45) is 5.40. The fraction of sp³-hybridized carbons (Fsp3) is 0.667. The quantitative estimate of drug-likeness (QED) is 0.802. The van der Waals surface area contributed by atoms with Gasteiger partial charge in [0, 0.05) is 45.1 Å². The lowest BCUT2D eigenvalue weighted by molar-refractivity contribution is -0.153. The van der Waals surface area contributed by atoms with Crippen molar-refractivity contribution >= 4 is 11.8 Å². The first-order chi connectivity index (χ1) is 14.0. The summed E-state index contributed by atoms with van der Waals surface area (Å²) in [6.45, 7) is 7.82. The number of piperidine rings is 3. The van der Waals surface area contributed by atoms with E-state index in [2.05, 4.69) is 46.3 Å². The fourth-order valence-electron chi connectivity index (χ4n) is 5.75. The molecule has 0 aliphatic carbocycles. The Balaban J connectivity index is 1.50. The van der Waals surface area contributed by atoms with Gasteiger partial charge in [-0.05, 0) is 50.0 Å². The average Bonchev–Trinajstić information content (AvgIpc) is 2.70. The molecule has 0 spiro atoms. The number of rotatable bonds is 6. The first-order valence-corrected chi connectivity index (χ1v) is 11.4. The molecule has 2 bridgehead atoms. The van der Waals surface area contributed by atoms with E-state index in [1.807, 2.05) is 6.92 Å². The molecule has 4 atom stereocenters. The van der Waals surface area contributed by atoms with Crippen LogP contribution in [0.15, 0.2) is 24.3 Å². The van der Waals surface area contributed by atoms with Crippen molar-refractivity contribution < 1.29 is 9.59 Å². The van der Waals surface area contributed by atoms with Gasteiger partial charge < -0.3 is 10.2 Å². The summed E-state index contributed by atoms with van der Waals surface area (Å²) in [6, 6.07) is 9.34. The smallest absolute Gasteiger partial charge is 0.223 e. The van der Waals surface area contributed by atoms with Gasteiger partial charge in [-0.15, -0.1) is 0 Å². The largest absolute Gasteiger partial charge is 0.354 e. The van der Waals surface area contributed by atoms with E-state index >= 15 is 0 Å². The van der Waals surface area contributed by atoms with Crippen LogP contribution in [-0.2, 0) is 16.1 Å². The first kappa shape index (κ1) is 20.4. The van der Waals surface area contributed by atoms with Crippen LogP contribution in [0.4, 0.5) is 0 Å². The van der Waals surface area contributed by atoms with Gasteiger partial charge in [0.05, 0.1) is 6.04 Å². The predicted molar refractivity (Wildman–Crippen MR) is 114 cm³/mol. The van der Waals surface area contributed by atoms with Crippen LogP contribution in [0.3, 0.4) is 0 Å². The Morgan fingerprint density at radius 2 is 1.93 bits per heavy atom. The second-order valence-corrected chi connectivity index (χ2v) is 9.32. The van der Waals surface area contributed by atoms with Crippen LogP contribution in [0, 0.1) is 18.8 Å². The van der Waals surface area contributed by atoms with Gasteiger partial charge in [0.1, 0.15) is 0 Å². The molecule has 0 aromatic heterocycles. The van der Waals surface area contributed by atoms with Crippen molar-refractivity contribution in [1.29, 1.82) is 0 Å². The molecule has 0 saturated carbocycles. The van der Waals surface area contributed by atoms with Crippen LogP contribution in [0.5, 0.6) is 0 Å². The highest BCUT2D eigenvalue weighted by atomic mass is 16.2. The Morgan fingerprint density at radius 1 is 1.17 bits per heavy atom. The highest BCUT2D eigenvalue weighted by molar-refractivity contribution is 5.78. The molecular formula is C24H35N3O2. The number of amides is 2. The lowest BCUT2D eigenvalue weighted by atomic mass is 9.72. The summed E-state index contributed by atoms with van der Waals surface area (Å²) < 4.78 is 0. The van der Waals surface area contributed by atoms with E-state index in [9.17, 15) is 9.59 Å². The topological polar surface area (TPSA) is 52.7 Å². The van der Waals surface area contributed by atoms with Crippen molar-refractivity contribution in [3.8, 4) is 0 Å². The Labute approximate surface area is 174 Å². The monoisotopic (exact) mass is 397 g/mol. The van der Waals surface area contributed by atoms with Crippen molar-refractivity contribution in [2.24, 2.45) is 11.8 Å². The Kier molecular flexibility index (Phi) is 6.23. The molecule has 3 saturated heterocycles. The average molecular weight is 398 g/mol. The van der Waals surface area contributed by atoms with Crippen molar-refractivity contribution in [1.82, 2.24) is 15.1 Å². The third-order valence-electron chi connectivity index (χ3n) is 7.08. The zero-order valence-corrected chi connectivity index (χ0v) is 17.9. The molecule has 0 unspecified atom stereocenters. The van der Waals surface area contributed by atoms with Crippen molar-refractivity contribution in [2.75, 3.05) is 19.6 Å². The number of aryl methyl sites for hydroxylation is 1. The zero-order chi connectivity index (χ0) is 20.4. The summed E-state index contributed by atoms with van der Waals surface area (Å²) in [7, 11) is 0. The SMILES string of the molecule is CCCC(=O)NC[C@H]1[C@H]2C[C@H](CN(Cc3ccc(C)cc3)C2)[C@@H]2CCCC(=O)N21. The van der Waals surface area contributed by atoms with E-state index in [1.54, 1.807) is 0 Å². The number of hydrogen-bond acceptors (Lipinski definition) is 3. The number of nitrogens with zero attached hydrogens (tertiary/aromatic N) is 2. The van der Waals surface area contributed by atoms with Crippen LogP contribution in [0.25, 0.3) is 0 Å². The van der Waals surface area contributed by atoms with E-state index in [0.29, 0.717) is 43.2 Å². The molecule has 5 nitrogen and oxygen atoms in total. The highest BCUT2D eigenvalue weighted by Gasteiger charge is 2.49. The van der Waals surface area contributed by atoms with Gasteiger partial charge in [-0.3, -0.25) is 14.5 Å². The molecule has 3 aliphatic rings. The number of hydrogen-bond donors (Lipinski definition) is 1. The van der Waals surface area contributed by atoms with Crippen LogP contribution in [0.2, 0.25) is 0 Å². The standard InChI is InChI=1S/C24H35N3O2/c1-3-5-23(28)25-13-22-20-12-19(21-6-4-7-24(29)27(21)22)15-26(16-20)14-18-10-8-17(2)9-11-18/h8-11,19-22H,3-7,12-16H2,1-2H3,(H,25,28)/t19-,20+,21+,22+/m1/s1. The number of nitrogens with one attached hydrogen (secondary N) is 1. The molecule has 3 heterocycles. The van der Waals surface area contributed by atoms with Crippen molar-refractivity contribution in [3.63, 3.8) is 0 Å². The number of carbonyl (C=O) groups is 2. The van der Waals surface area contributed by atoms with Gasteiger partial charge in [-0.1, -0.05) is 36.8 Å². The molecule has 2 amide bonds. The van der Waals surface area contributed by atoms with E-state index in [4.69, 9.17) is 0 Å². The molecular weight excluding hydrogens is 362 g/mol. The minimum Gasteiger partial charge on any atom is -0.354 e. The molecule has 158 valence electrons. The summed E-state index contributed by atoms with van der Waals surface area (Å²) >= 11 is 0. The lowest BCUT2D eigenvalue weighted by Crippen LogP contribution is -2.67. The zero-order valence-electron chi connectivity index (χ0n) is 17.9. The van der Waals surface area contributed by atoms with Crippen LogP contribution in [0.1, 0.15) is 56.6 Å². The number of likely N-dealkylation sites (tertiary alicyclic amines) is 1.